The Morgan fingerprint density at radius 2 is 2.33 bits per heavy atom. The molecule has 0 aromatic heterocycles. The lowest BCUT2D eigenvalue weighted by Crippen LogP contribution is -2.16. The van der Waals surface area contributed by atoms with Crippen LogP contribution in [0.15, 0.2) is 18.2 Å². The molecule has 0 fully saturated rings. The fourth-order valence-electron chi connectivity index (χ4n) is 1.76. The van der Waals surface area contributed by atoms with Gasteiger partial charge in [0.05, 0.1) is 0 Å². The molecule has 0 saturated carbocycles. The molecule has 0 aliphatic carbocycles. The summed E-state index contributed by atoms with van der Waals surface area (Å²) < 4.78 is 13.3. The Kier molecular flexibility index (Phi) is 1.75. The van der Waals surface area contributed by atoms with Crippen LogP contribution in [0.3, 0.4) is 0 Å². The molecule has 0 amide bonds. The van der Waals surface area contributed by atoms with Crippen molar-refractivity contribution in [3.05, 3.63) is 29.6 Å². The van der Waals surface area contributed by atoms with Crippen molar-refractivity contribution in [2.45, 2.75) is 19.3 Å². The van der Waals surface area contributed by atoms with Crippen molar-refractivity contribution >= 4 is 5.69 Å². The first-order chi connectivity index (χ1) is 5.79. The van der Waals surface area contributed by atoms with E-state index in [4.69, 9.17) is 0 Å². The van der Waals surface area contributed by atoms with Crippen LogP contribution in [0.5, 0.6) is 0 Å². The predicted molar refractivity (Wildman–Crippen MR) is 47.9 cm³/mol. The van der Waals surface area contributed by atoms with Crippen molar-refractivity contribution in [3.8, 4) is 0 Å². The molecular formula is C10H12FN. The molecule has 1 aliphatic heterocycles. The molecule has 2 rings (SSSR count). The van der Waals surface area contributed by atoms with Crippen LogP contribution in [0.2, 0.25) is 0 Å². The van der Waals surface area contributed by atoms with E-state index in [1.807, 2.05) is 6.07 Å². The zero-order chi connectivity index (χ0) is 8.55. The quantitative estimate of drug-likeness (QED) is 0.623. The molecule has 2 heteroatoms. The van der Waals surface area contributed by atoms with Gasteiger partial charge in [-0.2, -0.15) is 0 Å². The van der Waals surface area contributed by atoms with Crippen molar-refractivity contribution in [1.29, 1.82) is 0 Å². The Bertz CT molecular complexity index is 296. The summed E-state index contributed by atoms with van der Waals surface area (Å²) in [6, 6.07) is 5.22. The molecule has 1 heterocycles. The summed E-state index contributed by atoms with van der Waals surface area (Å²) >= 11 is 0. The van der Waals surface area contributed by atoms with Gasteiger partial charge >= 0.3 is 0 Å². The molecule has 0 bridgehead atoms. The molecule has 1 aromatic rings. The Labute approximate surface area is 71.6 Å². The first kappa shape index (κ1) is 7.59. The minimum Gasteiger partial charge on any atom is -0.385 e. The van der Waals surface area contributed by atoms with E-state index >= 15 is 0 Å². The number of benzene rings is 1. The molecule has 0 unspecified atom stereocenters. The topological polar surface area (TPSA) is 12.0 Å². The van der Waals surface area contributed by atoms with Crippen LogP contribution in [-0.2, 0) is 0 Å². The van der Waals surface area contributed by atoms with Crippen LogP contribution in [0.1, 0.15) is 24.8 Å². The minimum atomic E-state index is -0.0767. The van der Waals surface area contributed by atoms with Gasteiger partial charge in [-0.15, -0.1) is 0 Å². The number of hydrogen-bond acceptors (Lipinski definition) is 1. The summed E-state index contributed by atoms with van der Waals surface area (Å²) in [7, 11) is 0. The van der Waals surface area contributed by atoms with Gasteiger partial charge in [-0.25, -0.2) is 4.39 Å². The highest BCUT2D eigenvalue weighted by Gasteiger charge is 2.18. The second-order valence-electron chi connectivity index (χ2n) is 3.32. The Balaban J connectivity index is 2.53. The van der Waals surface area contributed by atoms with Gasteiger partial charge < -0.3 is 5.32 Å². The third-order valence-electron chi connectivity index (χ3n) is 2.44. The van der Waals surface area contributed by atoms with Crippen LogP contribution in [-0.4, -0.2) is 6.54 Å². The zero-order valence-corrected chi connectivity index (χ0v) is 7.10. The summed E-state index contributed by atoms with van der Waals surface area (Å²) in [5, 5.41) is 3.19. The predicted octanol–water partition coefficient (Wildman–Crippen LogP) is 2.74. The van der Waals surface area contributed by atoms with Crippen LogP contribution >= 0.6 is 0 Å². The molecule has 1 N–H and O–H groups in total. The molecular weight excluding hydrogens is 153 g/mol. The molecule has 0 saturated heterocycles. The molecule has 64 valence electrons. The minimum absolute atomic E-state index is 0.0767. The van der Waals surface area contributed by atoms with Gasteiger partial charge in [0.2, 0.25) is 0 Å². The lowest BCUT2D eigenvalue weighted by molar-refractivity contribution is 0.572. The van der Waals surface area contributed by atoms with Crippen molar-refractivity contribution < 1.29 is 4.39 Å². The van der Waals surface area contributed by atoms with E-state index in [1.165, 1.54) is 6.07 Å². The molecule has 1 aliphatic rings. The van der Waals surface area contributed by atoms with Gasteiger partial charge in [0.15, 0.2) is 0 Å². The Hall–Kier alpha value is -1.05. The van der Waals surface area contributed by atoms with Crippen LogP contribution in [0.4, 0.5) is 10.1 Å². The number of halogens is 1. The third kappa shape index (κ3) is 1.07. The standard InChI is InChI=1S/C10H12FN/c1-7-5-6-12-9-4-2-3-8(11)10(7)9/h2-4,7,12H,5-6H2,1H3/t7-/m0/s1. The van der Waals surface area contributed by atoms with Gasteiger partial charge in [-0.05, 0) is 24.5 Å². The number of rotatable bonds is 0. The molecule has 1 nitrogen and oxygen atoms in total. The first-order valence-electron chi connectivity index (χ1n) is 4.31. The van der Waals surface area contributed by atoms with Crippen molar-refractivity contribution in [2.75, 3.05) is 11.9 Å². The lowest BCUT2D eigenvalue weighted by atomic mass is 9.92. The molecule has 1 atom stereocenters. The van der Waals surface area contributed by atoms with Gasteiger partial charge in [-0.1, -0.05) is 13.0 Å². The first-order valence-corrected chi connectivity index (χ1v) is 4.31. The summed E-state index contributed by atoms with van der Waals surface area (Å²) in [5.74, 6) is 0.273. The van der Waals surface area contributed by atoms with E-state index in [2.05, 4.69) is 12.2 Å². The normalized spacial score (nSPS) is 21.3. The van der Waals surface area contributed by atoms with Crippen LogP contribution < -0.4 is 5.32 Å². The average Bonchev–Trinajstić information content (AvgIpc) is 2.04. The van der Waals surface area contributed by atoms with Crippen molar-refractivity contribution in [2.24, 2.45) is 0 Å². The van der Waals surface area contributed by atoms with Gasteiger partial charge in [-0.3, -0.25) is 0 Å². The van der Waals surface area contributed by atoms with E-state index in [0.29, 0.717) is 5.92 Å². The molecule has 0 spiro atoms. The second kappa shape index (κ2) is 2.77. The van der Waals surface area contributed by atoms with Gasteiger partial charge in [0.25, 0.3) is 0 Å². The van der Waals surface area contributed by atoms with Crippen molar-refractivity contribution in [1.82, 2.24) is 0 Å². The fraction of sp³-hybridized carbons (Fsp3) is 0.400. The average molecular weight is 165 g/mol. The van der Waals surface area contributed by atoms with E-state index in [9.17, 15) is 4.39 Å². The fourth-order valence-corrected chi connectivity index (χ4v) is 1.76. The van der Waals surface area contributed by atoms with Crippen LogP contribution in [0, 0.1) is 5.82 Å². The summed E-state index contributed by atoms with van der Waals surface area (Å²) in [6.45, 7) is 3.03. The maximum absolute atomic E-state index is 13.3. The molecule has 12 heavy (non-hydrogen) atoms. The second-order valence-corrected chi connectivity index (χ2v) is 3.32. The number of anilines is 1. The number of fused-ring (bicyclic) bond motifs is 1. The van der Waals surface area contributed by atoms with E-state index in [-0.39, 0.29) is 5.82 Å². The monoisotopic (exact) mass is 165 g/mol. The number of hydrogen-bond donors (Lipinski definition) is 1. The smallest absolute Gasteiger partial charge is 0.128 e. The lowest BCUT2D eigenvalue weighted by Gasteiger charge is -2.23. The third-order valence-corrected chi connectivity index (χ3v) is 2.44. The Morgan fingerprint density at radius 1 is 1.50 bits per heavy atom. The highest BCUT2D eigenvalue weighted by Crippen LogP contribution is 2.32. The zero-order valence-electron chi connectivity index (χ0n) is 7.10. The maximum Gasteiger partial charge on any atom is 0.128 e. The van der Waals surface area contributed by atoms with E-state index < -0.39 is 0 Å². The highest BCUT2D eigenvalue weighted by atomic mass is 19.1. The van der Waals surface area contributed by atoms with Gasteiger partial charge in [0.1, 0.15) is 5.82 Å². The summed E-state index contributed by atoms with van der Waals surface area (Å²) in [5.41, 5.74) is 1.82. The highest BCUT2D eigenvalue weighted by molar-refractivity contribution is 5.55. The Morgan fingerprint density at radius 3 is 3.08 bits per heavy atom. The molecule has 0 radical (unpaired) electrons. The SMILES string of the molecule is C[C@H]1CCNc2cccc(F)c21. The van der Waals surface area contributed by atoms with E-state index in [0.717, 1.165) is 24.2 Å². The summed E-state index contributed by atoms with van der Waals surface area (Å²) in [6.07, 6.45) is 1.02. The van der Waals surface area contributed by atoms with Crippen LogP contribution in [0.25, 0.3) is 0 Å². The maximum atomic E-state index is 13.3. The van der Waals surface area contributed by atoms with Gasteiger partial charge in [0, 0.05) is 17.8 Å². The summed E-state index contributed by atoms with van der Waals surface area (Å²) in [4.78, 5) is 0. The number of nitrogens with one attached hydrogen (secondary N) is 1. The van der Waals surface area contributed by atoms with E-state index in [1.54, 1.807) is 6.07 Å². The van der Waals surface area contributed by atoms with Crippen molar-refractivity contribution in [3.63, 3.8) is 0 Å². The largest absolute Gasteiger partial charge is 0.385 e. The molecule has 1 aromatic carbocycles.